The lowest BCUT2D eigenvalue weighted by molar-refractivity contribution is -0.116. The Kier molecular flexibility index (Phi) is 6.30. The Morgan fingerprint density at radius 3 is 2.59 bits per heavy atom. The molecule has 1 aliphatic carbocycles. The lowest BCUT2D eigenvalue weighted by atomic mass is 10.1. The molecule has 8 heteroatoms. The van der Waals surface area contributed by atoms with E-state index in [1.54, 1.807) is 6.92 Å². The fraction of sp³-hybridized carbons (Fsp3) is 0.250. The second-order valence-corrected chi connectivity index (χ2v) is 7.78. The van der Waals surface area contributed by atoms with Gasteiger partial charge in [0.05, 0.1) is 5.56 Å². The van der Waals surface area contributed by atoms with E-state index in [4.69, 9.17) is 5.73 Å². The number of nitrogens with two attached hydrogens (primary N) is 1. The molecule has 1 aliphatic rings. The van der Waals surface area contributed by atoms with Gasteiger partial charge in [-0.3, -0.25) is 9.59 Å². The van der Waals surface area contributed by atoms with Crippen molar-refractivity contribution in [1.82, 2.24) is 9.97 Å². The summed E-state index contributed by atoms with van der Waals surface area (Å²) in [5.74, 6) is 0.138. The monoisotopic (exact) mass is 430 g/mol. The van der Waals surface area contributed by atoms with Crippen LogP contribution in [0.4, 0.5) is 23.1 Å². The largest absolute Gasteiger partial charge is 0.369 e. The van der Waals surface area contributed by atoms with Crippen LogP contribution in [0.2, 0.25) is 0 Å². The zero-order valence-corrected chi connectivity index (χ0v) is 17.9. The molecule has 0 saturated heterocycles. The third-order valence-electron chi connectivity index (χ3n) is 5.23. The highest BCUT2D eigenvalue weighted by molar-refractivity contribution is 5.97. The van der Waals surface area contributed by atoms with Crippen molar-refractivity contribution in [2.24, 2.45) is 5.73 Å². The molecule has 164 valence electrons. The maximum Gasteiger partial charge on any atom is 0.254 e. The SMILES string of the molecule is CC(=O)N(c1cccc(Nc2ncc(C(N)=O)c(NCCc3ccccc3)n2)c1)C1CC1. The standard InChI is InChI=1S/C24H26N6O2/c1-16(31)30(19-10-11-19)20-9-5-8-18(14-20)28-24-27-15-21(22(25)32)23(29-24)26-13-12-17-6-3-2-4-7-17/h2-9,14-15,19H,10-13H2,1H3,(H2,25,32)(H2,26,27,28,29). The predicted octanol–water partition coefficient (Wildman–Crippen LogP) is 3.49. The Balaban J connectivity index is 1.50. The molecule has 1 aromatic heterocycles. The summed E-state index contributed by atoms with van der Waals surface area (Å²) in [6.45, 7) is 2.17. The molecule has 3 aromatic rings. The fourth-order valence-electron chi connectivity index (χ4n) is 3.57. The number of rotatable bonds is 9. The topological polar surface area (TPSA) is 113 Å². The highest BCUT2D eigenvalue weighted by atomic mass is 16.2. The van der Waals surface area contributed by atoms with Crippen molar-refractivity contribution < 1.29 is 9.59 Å². The molecule has 0 bridgehead atoms. The van der Waals surface area contributed by atoms with Crippen LogP contribution in [-0.4, -0.2) is 34.4 Å². The number of carbonyl (C=O) groups excluding carboxylic acids is 2. The second-order valence-electron chi connectivity index (χ2n) is 7.78. The third-order valence-corrected chi connectivity index (χ3v) is 5.23. The smallest absolute Gasteiger partial charge is 0.254 e. The molecule has 32 heavy (non-hydrogen) atoms. The summed E-state index contributed by atoms with van der Waals surface area (Å²) >= 11 is 0. The van der Waals surface area contributed by atoms with Gasteiger partial charge in [0, 0.05) is 37.1 Å². The third kappa shape index (κ3) is 5.21. The van der Waals surface area contributed by atoms with Gasteiger partial charge < -0.3 is 21.3 Å². The minimum absolute atomic E-state index is 0.0246. The van der Waals surface area contributed by atoms with Gasteiger partial charge in [0.25, 0.3) is 5.91 Å². The van der Waals surface area contributed by atoms with Gasteiger partial charge in [0.1, 0.15) is 5.82 Å². The van der Waals surface area contributed by atoms with Gasteiger partial charge in [-0.2, -0.15) is 4.98 Å². The maximum absolute atomic E-state index is 12.1. The van der Waals surface area contributed by atoms with Gasteiger partial charge in [0.2, 0.25) is 11.9 Å². The van der Waals surface area contributed by atoms with Crippen LogP contribution in [0.15, 0.2) is 60.8 Å². The maximum atomic E-state index is 12.1. The number of hydrogen-bond donors (Lipinski definition) is 3. The van der Waals surface area contributed by atoms with E-state index in [-0.39, 0.29) is 17.5 Å². The first-order valence-corrected chi connectivity index (χ1v) is 10.6. The average molecular weight is 431 g/mol. The lowest BCUT2D eigenvalue weighted by Gasteiger charge is -2.21. The lowest BCUT2D eigenvalue weighted by Crippen LogP contribution is -2.30. The van der Waals surface area contributed by atoms with Crippen molar-refractivity contribution in [3.8, 4) is 0 Å². The van der Waals surface area contributed by atoms with E-state index in [1.165, 1.54) is 11.8 Å². The van der Waals surface area contributed by atoms with Crippen LogP contribution < -0.4 is 21.3 Å². The van der Waals surface area contributed by atoms with E-state index in [2.05, 4.69) is 20.6 Å². The normalized spacial score (nSPS) is 12.8. The molecule has 2 aromatic carbocycles. The second kappa shape index (κ2) is 9.47. The highest BCUT2D eigenvalue weighted by Gasteiger charge is 2.32. The number of benzene rings is 2. The van der Waals surface area contributed by atoms with Crippen molar-refractivity contribution in [1.29, 1.82) is 0 Å². The molecule has 4 rings (SSSR count). The molecule has 0 atom stereocenters. The number of aromatic nitrogens is 2. The van der Waals surface area contributed by atoms with E-state index in [0.29, 0.717) is 18.3 Å². The van der Waals surface area contributed by atoms with Gasteiger partial charge >= 0.3 is 0 Å². The van der Waals surface area contributed by atoms with Crippen LogP contribution in [0, 0.1) is 0 Å². The first-order chi connectivity index (χ1) is 15.5. The van der Waals surface area contributed by atoms with Crippen molar-refractivity contribution >= 4 is 35.0 Å². The summed E-state index contributed by atoms with van der Waals surface area (Å²) in [6.07, 6.45) is 4.23. The molecule has 1 heterocycles. The van der Waals surface area contributed by atoms with Crippen molar-refractivity contribution in [3.05, 3.63) is 71.9 Å². The molecule has 1 saturated carbocycles. The molecule has 0 spiro atoms. The molecule has 0 radical (unpaired) electrons. The summed E-state index contributed by atoms with van der Waals surface area (Å²) in [5.41, 5.74) is 8.49. The molecular weight excluding hydrogens is 404 g/mol. The van der Waals surface area contributed by atoms with Crippen molar-refractivity contribution in [3.63, 3.8) is 0 Å². The minimum Gasteiger partial charge on any atom is -0.369 e. The van der Waals surface area contributed by atoms with Gasteiger partial charge in [-0.05, 0) is 43.0 Å². The van der Waals surface area contributed by atoms with Crippen molar-refractivity contribution in [2.45, 2.75) is 32.2 Å². The number of nitrogens with zero attached hydrogens (tertiary/aromatic N) is 3. The molecule has 2 amide bonds. The number of carbonyl (C=O) groups is 2. The Morgan fingerprint density at radius 2 is 1.91 bits per heavy atom. The molecular formula is C24H26N6O2. The summed E-state index contributed by atoms with van der Waals surface area (Å²) in [4.78, 5) is 34.4. The Hall–Kier alpha value is -3.94. The number of hydrogen-bond acceptors (Lipinski definition) is 6. The number of amides is 2. The molecule has 8 nitrogen and oxygen atoms in total. The van der Waals surface area contributed by atoms with E-state index in [1.807, 2.05) is 59.5 Å². The van der Waals surface area contributed by atoms with E-state index < -0.39 is 5.91 Å². The molecule has 0 unspecified atom stereocenters. The number of anilines is 4. The van der Waals surface area contributed by atoms with E-state index >= 15 is 0 Å². The highest BCUT2D eigenvalue weighted by Crippen LogP contribution is 2.33. The van der Waals surface area contributed by atoms with Gasteiger partial charge in [0.15, 0.2) is 0 Å². The zero-order valence-electron chi connectivity index (χ0n) is 17.9. The van der Waals surface area contributed by atoms with E-state index in [0.717, 1.165) is 30.6 Å². The fourth-order valence-corrected chi connectivity index (χ4v) is 3.57. The summed E-state index contributed by atoms with van der Waals surface area (Å²) in [7, 11) is 0. The van der Waals surface area contributed by atoms with Gasteiger partial charge in [-0.15, -0.1) is 0 Å². The molecule has 4 N–H and O–H groups in total. The molecule has 0 aliphatic heterocycles. The predicted molar refractivity (Wildman–Crippen MR) is 125 cm³/mol. The summed E-state index contributed by atoms with van der Waals surface area (Å²) < 4.78 is 0. The minimum atomic E-state index is -0.595. The van der Waals surface area contributed by atoms with Crippen LogP contribution in [0.25, 0.3) is 0 Å². The van der Waals surface area contributed by atoms with Crippen LogP contribution >= 0.6 is 0 Å². The van der Waals surface area contributed by atoms with E-state index in [9.17, 15) is 9.59 Å². The zero-order chi connectivity index (χ0) is 22.5. The Labute approximate surface area is 186 Å². The number of primary amides is 1. The van der Waals surface area contributed by atoms with Gasteiger partial charge in [-0.25, -0.2) is 4.98 Å². The first kappa shape index (κ1) is 21.3. The Morgan fingerprint density at radius 1 is 1.12 bits per heavy atom. The molecule has 1 fully saturated rings. The number of nitrogens with one attached hydrogen (secondary N) is 2. The van der Waals surface area contributed by atoms with Crippen LogP contribution in [-0.2, 0) is 11.2 Å². The van der Waals surface area contributed by atoms with Crippen LogP contribution in [0.1, 0.15) is 35.7 Å². The van der Waals surface area contributed by atoms with Crippen LogP contribution in [0.5, 0.6) is 0 Å². The van der Waals surface area contributed by atoms with Crippen LogP contribution in [0.3, 0.4) is 0 Å². The summed E-state index contributed by atoms with van der Waals surface area (Å²) in [6, 6.07) is 17.9. The summed E-state index contributed by atoms with van der Waals surface area (Å²) in [5, 5.41) is 6.35. The van der Waals surface area contributed by atoms with Crippen molar-refractivity contribution in [2.75, 3.05) is 22.1 Å². The quantitative estimate of drug-likeness (QED) is 0.479. The van der Waals surface area contributed by atoms with Gasteiger partial charge in [-0.1, -0.05) is 36.4 Å². The average Bonchev–Trinajstić information content (AvgIpc) is 3.60. The Bertz CT molecular complexity index is 1110. The first-order valence-electron chi connectivity index (χ1n) is 10.6.